The number of nitrogens with zero attached hydrogens (tertiary/aromatic N) is 1. The van der Waals surface area contributed by atoms with Crippen LogP contribution in [-0.4, -0.2) is 26.2 Å². The second-order valence-corrected chi connectivity index (χ2v) is 7.85. The van der Waals surface area contributed by atoms with Gasteiger partial charge in [0.15, 0.2) is 0 Å². The summed E-state index contributed by atoms with van der Waals surface area (Å²) in [5.74, 6) is 0.365. The molecule has 0 aromatic heterocycles. The van der Waals surface area contributed by atoms with Crippen LogP contribution in [-0.2, 0) is 11.7 Å². The summed E-state index contributed by atoms with van der Waals surface area (Å²) in [7, 11) is 1.19. The summed E-state index contributed by atoms with van der Waals surface area (Å²) in [6, 6.07) is 10.8. The Bertz CT molecular complexity index is 1180. The Kier molecular flexibility index (Phi) is 8.04. The Morgan fingerprint density at radius 1 is 1.09 bits per heavy atom. The number of methoxy groups -OCH3 is 1. The molecule has 0 saturated carbocycles. The molecular formula is C27H28F4N2O2. The maximum Gasteiger partial charge on any atom is 0.419 e. The smallest absolute Gasteiger partial charge is 0.419 e. The molecule has 0 aliphatic carbocycles. The molecule has 4 nitrogen and oxygen atoms in total. The highest BCUT2D eigenvalue weighted by atomic mass is 19.4. The summed E-state index contributed by atoms with van der Waals surface area (Å²) in [4.78, 5) is 4.76. The third kappa shape index (κ3) is 5.11. The normalized spacial score (nSPS) is 20.6. The highest BCUT2D eigenvalue weighted by molar-refractivity contribution is 6.06. The summed E-state index contributed by atoms with van der Waals surface area (Å²) in [6.07, 6.45) is 2.76. The molecule has 3 rings (SSSR count). The number of hydrogen-bond acceptors (Lipinski definition) is 4. The lowest BCUT2D eigenvalue weighted by Gasteiger charge is -2.31. The molecule has 0 radical (unpaired) electrons. The van der Waals surface area contributed by atoms with Crippen LogP contribution in [0.3, 0.4) is 0 Å². The van der Waals surface area contributed by atoms with Crippen molar-refractivity contribution in [3.8, 4) is 11.5 Å². The van der Waals surface area contributed by atoms with E-state index in [1.165, 1.54) is 13.2 Å². The van der Waals surface area contributed by atoms with E-state index in [4.69, 9.17) is 20.2 Å². The molecule has 1 aliphatic rings. The third-order valence-corrected chi connectivity index (χ3v) is 5.71. The van der Waals surface area contributed by atoms with Crippen LogP contribution in [0.25, 0.3) is 0 Å². The molecule has 0 fully saturated rings. The van der Waals surface area contributed by atoms with Crippen molar-refractivity contribution in [1.82, 2.24) is 0 Å². The fraction of sp³-hybridized carbons (Fsp3) is 0.296. The van der Waals surface area contributed by atoms with Gasteiger partial charge in [-0.25, -0.2) is 4.99 Å². The van der Waals surface area contributed by atoms with Gasteiger partial charge in [-0.2, -0.15) is 13.2 Å². The molecule has 0 saturated heterocycles. The summed E-state index contributed by atoms with van der Waals surface area (Å²) in [5.41, 5.74) is 6.09. The fourth-order valence-electron chi connectivity index (χ4n) is 4.16. The number of halogens is 4. The van der Waals surface area contributed by atoms with Gasteiger partial charge in [-0.05, 0) is 54.8 Å². The van der Waals surface area contributed by atoms with E-state index >= 15 is 0 Å². The van der Waals surface area contributed by atoms with E-state index in [0.29, 0.717) is 22.5 Å². The van der Waals surface area contributed by atoms with Gasteiger partial charge in [0.25, 0.3) is 0 Å². The second-order valence-electron chi connectivity index (χ2n) is 7.85. The highest BCUT2D eigenvalue weighted by Crippen LogP contribution is 2.50. The Morgan fingerprint density at radius 3 is 2.46 bits per heavy atom. The van der Waals surface area contributed by atoms with Crippen molar-refractivity contribution in [2.75, 3.05) is 20.4 Å². The van der Waals surface area contributed by atoms with Crippen LogP contribution in [0.2, 0.25) is 0 Å². The maximum atomic E-state index is 14.0. The zero-order valence-corrected chi connectivity index (χ0v) is 19.8. The van der Waals surface area contributed by atoms with E-state index in [2.05, 4.69) is 0 Å². The first-order chi connectivity index (χ1) is 16.7. The molecule has 0 spiro atoms. The number of aliphatic imine (C=N–C) groups is 1. The number of alkyl halides is 4. The molecule has 35 heavy (non-hydrogen) atoms. The molecule has 1 atom stereocenters. The number of ether oxygens (including phenoxy) is 2. The predicted octanol–water partition coefficient (Wildman–Crippen LogP) is 6.52. The summed E-state index contributed by atoms with van der Waals surface area (Å²) >= 11 is 0. The molecule has 1 aliphatic heterocycles. The molecule has 0 bridgehead atoms. The number of rotatable bonds is 8. The first-order valence-electron chi connectivity index (χ1n) is 11.1. The number of nitrogens with two attached hydrogens (primary N) is 1. The van der Waals surface area contributed by atoms with E-state index in [9.17, 15) is 17.6 Å². The van der Waals surface area contributed by atoms with Gasteiger partial charge in [0.05, 0.1) is 26.0 Å². The Morgan fingerprint density at radius 2 is 1.83 bits per heavy atom. The molecular weight excluding hydrogens is 460 g/mol. The summed E-state index contributed by atoms with van der Waals surface area (Å²) in [6.45, 7) is 3.28. The Balaban J connectivity index is 2.35. The van der Waals surface area contributed by atoms with Crippen LogP contribution in [0.15, 0.2) is 82.9 Å². The predicted molar refractivity (Wildman–Crippen MR) is 130 cm³/mol. The topological polar surface area (TPSA) is 56.8 Å². The van der Waals surface area contributed by atoms with Gasteiger partial charge in [-0.15, -0.1) is 0 Å². The first-order valence-corrected chi connectivity index (χ1v) is 11.1. The molecule has 2 N–H and O–H groups in total. The van der Waals surface area contributed by atoms with Gasteiger partial charge < -0.3 is 15.2 Å². The van der Waals surface area contributed by atoms with Crippen LogP contribution in [0.1, 0.15) is 37.0 Å². The van der Waals surface area contributed by atoms with Crippen LogP contribution in [0.5, 0.6) is 11.5 Å². The van der Waals surface area contributed by atoms with Crippen molar-refractivity contribution in [3.05, 3.63) is 94.6 Å². The van der Waals surface area contributed by atoms with E-state index in [0.717, 1.165) is 6.07 Å². The minimum Gasteiger partial charge on any atom is -0.496 e. The first kappa shape index (κ1) is 26.1. The van der Waals surface area contributed by atoms with Crippen molar-refractivity contribution in [1.29, 1.82) is 0 Å². The monoisotopic (exact) mass is 488 g/mol. The fourth-order valence-corrected chi connectivity index (χ4v) is 4.16. The lowest BCUT2D eigenvalue weighted by atomic mass is 9.75. The molecule has 1 heterocycles. The summed E-state index contributed by atoms with van der Waals surface area (Å²) < 4.78 is 65.1. The number of benzene rings is 2. The van der Waals surface area contributed by atoms with Crippen molar-refractivity contribution in [3.63, 3.8) is 0 Å². The molecule has 8 heteroatoms. The highest BCUT2D eigenvalue weighted by Gasteiger charge is 2.46. The maximum absolute atomic E-state index is 14.0. The molecule has 1 unspecified atom stereocenters. The quantitative estimate of drug-likeness (QED) is 0.340. The minimum atomic E-state index is -4.65. The van der Waals surface area contributed by atoms with Gasteiger partial charge in [0.1, 0.15) is 22.9 Å². The third-order valence-electron chi connectivity index (χ3n) is 5.71. The van der Waals surface area contributed by atoms with Gasteiger partial charge >= 0.3 is 6.18 Å². The Labute approximate surface area is 202 Å². The van der Waals surface area contributed by atoms with Crippen molar-refractivity contribution < 1.29 is 27.0 Å². The van der Waals surface area contributed by atoms with Crippen LogP contribution < -0.4 is 15.2 Å². The molecule has 2 aromatic carbocycles. The summed E-state index contributed by atoms with van der Waals surface area (Å²) in [5, 5.41) is 0. The number of hydrogen-bond donors (Lipinski definition) is 1. The van der Waals surface area contributed by atoms with Gasteiger partial charge in [0, 0.05) is 12.0 Å². The zero-order valence-electron chi connectivity index (χ0n) is 19.8. The molecule has 2 aromatic rings. The SMILES string of the molecule is CC=C1C(N)=NC(c2cccc(OCCCF)c2)(c2ccc(OC)c(C(F)(F)F)c2)/C1=C/C=C\C. The van der Waals surface area contributed by atoms with Gasteiger partial charge in [0.2, 0.25) is 0 Å². The van der Waals surface area contributed by atoms with Crippen LogP contribution in [0.4, 0.5) is 17.6 Å². The second kappa shape index (κ2) is 10.8. The lowest BCUT2D eigenvalue weighted by molar-refractivity contribution is -0.138. The van der Waals surface area contributed by atoms with Crippen molar-refractivity contribution in [2.24, 2.45) is 10.7 Å². The average molecular weight is 489 g/mol. The van der Waals surface area contributed by atoms with Gasteiger partial charge in [-0.1, -0.05) is 42.5 Å². The van der Waals surface area contributed by atoms with Crippen LogP contribution in [0, 0.1) is 0 Å². The number of amidine groups is 1. The molecule has 0 amide bonds. The van der Waals surface area contributed by atoms with Crippen molar-refractivity contribution in [2.45, 2.75) is 32.0 Å². The molecule has 186 valence electrons. The van der Waals surface area contributed by atoms with Gasteiger partial charge in [-0.3, -0.25) is 4.39 Å². The largest absolute Gasteiger partial charge is 0.496 e. The van der Waals surface area contributed by atoms with E-state index in [1.807, 2.05) is 13.0 Å². The van der Waals surface area contributed by atoms with Crippen molar-refractivity contribution >= 4 is 5.84 Å². The Hall–Kier alpha value is -3.55. The zero-order chi connectivity index (χ0) is 25.6. The minimum absolute atomic E-state index is 0.167. The lowest BCUT2D eigenvalue weighted by Crippen LogP contribution is -2.26. The van der Waals surface area contributed by atoms with Crippen LogP contribution >= 0.6 is 0 Å². The number of allylic oxidation sites excluding steroid dienone is 4. The average Bonchev–Trinajstić information content (AvgIpc) is 3.14. The van der Waals surface area contributed by atoms with E-state index < -0.39 is 24.0 Å². The van der Waals surface area contributed by atoms with E-state index in [1.54, 1.807) is 55.5 Å². The standard InChI is InChI=1S/C27H28F4N2O2/c1-4-6-11-22-21(5-2)25(32)33-26(22,18-9-7-10-20(16-18)35-15-8-14-28)19-12-13-24(34-3)23(17-19)27(29,30)31/h4-7,9-13,16-17H,8,14-15H2,1-3H3,(H2,32,33)/b6-4-,21-5?,22-11+. The van der Waals surface area contributed by atoms with E-state index in [-0.39, 0.29) is 30.2 Å².